The Morgan fingerprint density at radius 3 is 2.47 bits per heavy atom. The average Bonchev–Trinajstić information content (AvgIpc) is 2.55. The molecular formula is C10H19BO6P2. The van der Waals surface area contributed by atoms with Gasteiger partial charge in [0.15, 0.2) is 0 Å². The van der Waals surface area contributed by atoms with E-state index in [9.17, 15) is 9.13 Å². The molecule has 0 amide bonds. The van der Waals surface area contributed by atoms with E-state index < -0.39 is 33.2 Å². The molecule has 0 spiro atoms. The van der Waals surface area contributed by atoms with Crippen molar-refractivity contribution in [2.24, 2.45) is 0 Å². The maximum Gasteiger partial charge on any atom is 0.348 e. The van der Waals surface area contributed by atoms with E-state index in [1.165, 1.54) is 6.08 Å². The summed E-state index contributed by atoms with van der Waals surface area (Å²) in [5.74, 6) is 0.779. The highest BCUT2D eigenvalue weighted by Gasteiger charge is 2.36. The van der Waals surface area contributed by atoms with Crippen LogP contribution in [0.4, 0.5) is 0 Å². The van der Waals surface area contributed by atoms with E-state index in [0.29, 0.717) is 6.42 Å². The quantitative estimate of drug-likeness (QED) is 0.593. The van der Waals surface area contributed by atoms with E-state index in [0.717, 1.165) is 5.82 Å². The maximum atomic E-state index is 12.2. The molecule has 6 nitrogen and oxygen atoms in total. The standard InChI is InChI=1S/C10H19BO6P2/c1-7(2)18(3,12)17-9-6-8(16-10(9)11)4-5-19(13,14)15/h4-5,7-10H,6H2,1-3H3,(H2,13,14,15)/b5-4+/t8-,9-,10-,18?/m1/s1. The topological polar surface area (TPSA) is 93.1 Å². The lowest BCUT2D eigenvalue weighted by Gasteiger charge is -2.23. The summed E-state index contributed by atoms with van der Waals surface area (Å²) in [5, 5.41) is 0. The van der Waals surface area contributed by atoms with Crippen LogP contribution in [-0.2, 0) is 18.4 Å². The van der Waals surface area contributed by atoms with Gasteiger partial charge in [0.25, 0.3) is 0 Å². The summed E-state index contributed by atoms with van der Waals surface area (Å²) < 4.78 is 33.7. The van der Waals surface area contributed by atoms with Crippen LogP contribution in [0.5, 0.6) is 0 Å². The van der Waals surface area contributed by atoms with E-state index in [1.54, 1.807) is 20.5 Å². The lowest BCUT2D eigenvalue weighted by Crippen LogP contribution is -2.24. The lowest BCUT2D eigenvalue weighted by molar-refractivity contribution is 0.0870. The van der Waals surface area contributed by atoms with Gasteiger partial charge in [0, 0.05) is 30.6 Å². The van der Waals surface area contributed by atoms with Crippen LogP contribution in [0.3, 0.4) is 0 Å². The van der Waals surface area contributed by atoms with Crippen LogP contribution in [0.2, 0.25) is 0 Å². The minimum atomic E-state index is -4.21. The Morgan fingerprint density at radius 1 is 1.42 bits per heavy atom. The van der Waals surface area contributed by atoms with Gasteiger partial charge in [-0.25, -0.2) is 0 Å². The van der Waals surface area contributed by atoms with Gasteiger partial charge in [-0.15, -0.1) is 0 Å². The molecule has 4 atom stereocenters. The van der Waals surface area contributed by atoms with Gasteiger partial charge in [0.05, 0.1) is 12.2 Å². The molecule has 0 saturated carbocycles. The second-order valence-electron chi connectivity index (χ2n) is 4.95. The van der Waals surface area contributed by atoms with Crippen molar-refractivity contribution in [1.82, 2.24) is 0 Å². The first kappa shape index (κ1) is 17.2. The highest BCUT2D eigenvalue weighted by Crippen LogP contribution is 2.50. The first-order chi connectivity index (χ1) is 8.51. The van der Waals surface area contributed by atoms with E-state index in [4.69, 9.17) is 26.9 Å². The van der Waals surface area contributed by atoms with E-state index in [-0.39, 0.29) is 5.66 Å². The third kappa shape index (κ3) is 5.54. The Hall–Kier alpha value is 0.105. The Kier molecular flexibility index (Phi) is 5.65. The normalized spacial score (nSPS) is 32.0. The molecule has 9 heteroatoms. The monoisotopic (exact) mass is 308 g/mol. The first-order valence-corrected chi connectivity index (χ1v) is 9.75. The van der Waals surface area contributed by atoms with Crippen molar-refractivity contribution in [3.63, 3.8) is 0 Å². The number of hydrogen-bond acceptors (Lipinski definition) is 4. The number of hydrogen-bond donors (Lipinski definition) is 2. The number of rotatable bonds is 5. The molecule has 1 aliphatic heterocycles. The van der Waals surface area contributed by atoms with Crippen LogP contribution < -0.4 is 0 Å². The molecule has 1 saturated heterocycles. The summed E-state index contributed by atoms with van der Waals surface area (Å²) in [5.41, 5.74) is -0.121. The zero-order chi connectivity index (χ0) is 14.8. The lowest BCUT2D eigenvalue weighted by atomic mass is 9.94. The van der Waals surface area contributed by atoms with Crippen molar-refractivity contribution < 1.29 is 28.2 Å². The van der Waals surface area contributed by atoms with Crippen LogP contribution in [0.1, 0.15) is 20.3 Å². The fraction of sp³-hybridized carbons (Fsp3) is 0.800. The van der Waals surface area contributed by atoms with Gasteiger partial charge >= 0.3 is 7.60 Å². The summed E-state index contributed by atoms with van der Waals surface area (Å²) in [6.07, 6.45) is 0.506. The van der Waals surface area contributed by atoms with Crippen molar-refractivity contribution in [2.75, 3.05) is 6.66 Å². The Labute approximate surface area is 114 Å². The Balaban J connectivity index is 2.64. The second-order valence-corrected chi connectivity index (χ2v) is 9.49. The van der Waals surface area contributed by atoms with Gasteiger partial charge in [-0.3, -0.25) is 9.13 Å². The average molecular weight is 308 g/mol. The van der Waals surface area contributed by atoms with Gasteiger partial charge in [0.1, 0.15) is 7.85 Å². The molecule has 1 heterocycles. The highest BCUT2D eigenvalue weighted by atomic mass is 31.2. The molecule has 19 heavy (non-hydrogen) atoms. The first-order valence-electron chi connectivity index (χ1n) is 5.92. The highest BCUT2D eigenvalue weighted by molar-refractivity contribution is 7.58. The summed E-state index contributed by atoms with van der Waals surface area (Å²) in [6.45, 7) is 5.14. The van der Waals surface area contributed by atoms with Crippen molar-refractivity contribution in [2.45, 2.75) is 44.1 Å². The molecule has 1 aliphatic rings. The van der Waals surface area contributed by atoms with Crippen molar-refractivity contribution in [3.8, 4) is 0 Å². The molecule has 2 N–H and O–H groups in total. The zero-order valence-electron chi connectivity index (χ0n) is 11.2. The van der Waals surface area contributed by atoms with Crippen LogP contribution in [0.15, 0.2) is 11.9 Å². The molecule has 1 rings (SSSR count). The molecule has 2 radical (unpaired) electrons. The SMILES string of the molecule is [B][C@@H]1O[C@H](/C=C/P(=O)(O)O)C[C@H]1OP(C)(=O)C(C)C. The molecule has 0 aromatic heterocycles. The molecule has 0 aromatic carbocycles. The zero-order valence-corrected chi connectivity index (χ0v) is 13.0. The molecule has 0 aromatic rings. The Bertz CT molecular complexity index is 432. The predicted molar refractivity (Wildman–Crippen MR) is 73.8 cm³/mol. The summed E-state index contributed by atoms with van der Waals surface area (Å²) >= 11 is 0. The summed E-state index contributed by atoms with van der Waals surface area (Å²) in [4.78, 5) is 17.5. The van der Waals surface area contributed by atoms with Crippen molar-refractivity contribution >= 4 is 22.8 Å². The molecule has 0 bridgehead atoms. The van der Waals surface area contributed by atoms with E-state index >= 15 is 0 Å². The van der Waals surface area contributed by atoms with Gasteiger partial charge in [-0.2, -0.15) is 0 Å². The van der Waals surface area contributed by atoms with Crippen LogP contribution in [-0.4, -0.2) is 48.2 Å². The molecular weight excluding hydrogens is 289 g/mol. The summed E-state index contributed by atoms with van der Waals surface area (Å²) in [6, 6.07) is -0.751. The molecule has 1 unspecified atom stereocenters. The molecule has 1 fully saturated rings. The minimum Gasteiger partial charge on any atom is -0.378 e. The van der Waals surface area contributed by atoms with Gasteiger partial charge in [-0.05, 0) is 6.08 Å². The van der Waals surface area contributed by atoms with Crippen LogP contribution >= 0.6 is 15.0 Å². The fourth-order valence-electron chi connectivity index (χ4n) is 1.53. The second kappa shape index (κ2) is 6.25. The molecule has 0 aliphatic carbocycles. The van der Waals surface area contributed by atoms with Crippen molar-refractivity contribution in [3.05, 3.63) is 11.9 Å². The van der Waals surface area contributed by atoms with E-state index in [2.05, 4.69) is 0 Å². The minimum absolute atomic E-state index is 0.121. The van der Waals surface area contributed by atoms with Gasteiger partial charge in [0.2, 0.25) is 7.37 Å². The third-order valence-corrected chi connectivity index (χ3v) is 6.07. The Morgan fingerprint density at radius 2 is 2.00 bits per heavy atom. The van der Waals surface area contributed by atoms with Gasteiger partial charge in [-0.1, -0.05) is 13.8 Å². The predicted octanol–water partition coefficient (Wildman–Crippen LogP) is 1.66. The fourth-order valence-corrected chi connectivity index (χ4v) is 2.94. The van der Waals surface area contributed by atoms with Crippen LogP contribution in [0, 0.1) is 0 Å². The van der Waals surface area contributed by atoms with Gasteiger partial charge < -0.3 is 19.0 Å². The largest absolute Gasteiger partial charge is 0.378 e. The van der Waals surface area contributed by atoms with Crippen molar-refractivity contribution in [1.29, 1.82) is 0 Å². The van der Waals surface area contributed by atoms with E-state index in [1.807, 2.05) is 0 Å². The summed E-state index contributed by atoms with van der Waals surface area (Å²) in [7, 11) is -1.26. The molecule has 108 valence electrons. The maximum absolute atomic E-state index is 12.2. The number of ether oxygens (including phenoxy) is 1. The smallest absolute Gasteiger partial charge is 0.348 e. The third-order valence-electron chi connectivity index (χ3n) is 2.94. The van der Waals surface area contributed by atoms with Crippen LogP contribution in [0.25, 0.3) is 0 Å².